The molecule has 0 aliphatic carbocycles. The Kier molecular flexibility index (Phi) is 5.16. The first-order chi connectivity index (χ1) is 12.1. The summed E-state index contributed by atoms with van der Waals surface area (Å²) in [5.74, 6) is -0.343. The number of nitro groups is 2. The lowest BCUT2D eigenvalue weighted by Crippen LogP contribution is -2.18. The topological polar surface area (TPSA) is 165 Å². The summed E-state index contributed by atoms with van der Waals surface area (Å²) in [6.45, 7) is 1.46. The number of sulfonamides is 1. The second-order valence-corrected chi connectivity index (χ2v) is 6.72. The number of nitrogens with zero attached hydrogens (tertiary/aromatic N) is 3. The normalized spacial score (nSPS) is 11.4. The highest BCUT2D eigenvalue weighted by Crippen LogP contribution is 2.23. The van der Waals surface area contributed by atoms with Gasteiger partial charge in [0.05, 0.1) is 21.0 Å². The van der Waals surface area contributed by atoms with Crippen LogP contribution >= 0.6 is 0 Å². The summed E-state index contributed by atoms with van der Waals surface area (Å²) in [7, 11) is -4.21. The van der Waals surface area contributed by atoms with Crippen molar-refractivity contribution in [2.75, 3.05) is 0 Å². The number of phenolic OH excluding ortho intramolecular Hbond substituents is 1. The number of non-ortho nitro benzene ring substituents is 1. The monoisotopic (exact) mass is 380 g/mol. The Hall–Kier alpha value is -3.54. The summed E-state index contributed by atoms with van der Waals surface area (Å²) < 4.78 is 24.3. The fourth-order valence-corrected chi connectivity index (χ4v) is 2.74. The molecule has 0 aliphatic rings. The second-order valence-electron chi connectivity index (χ2n) is 5.06. The molecule has 0 heterocycles. The van der Waals surface area contributed by atoms with E-state index in [2.05, 4.69) is 5.10 Å². The standard InChI is InChI=1S/C14H12N4O7S/c1-9-2-4-12(7-13(9)18(22)23)26(24,25)16-15-8-10-6-11(17(20)21)3-5-14(10)19/h2-8,16,19H,1H3. The van der Waals surface area contributed by atoms with Gasteiger partial charge in [-0.05, 0) is 19.1 Å². The van der Waals surface area contributed by atoms with Crippen molar-refractivity contribution in [2.45, 2.75) is 11.8 Å². The average Bonchev–Trinajstić information content (AvgIpc) is 2.56. The zero-order chi connectivity index (χ0) is 19.5. The van der Waals surface area contributed by atoms with E-state index in [1.807, 2.05) is 4.83 Å². The molecule has 0 fully saturated rings. The van der Waals surface area contributed by atoms with Crippen LogP contribution in [-0.4, -0.2) is 29.6 Å². The lowest BCUT2D eigenvalue weighted by Gasteiger charge is -2.05. The van der Waals surface area contributed by atoms with E-state index in [1.165, 1.54) is 19.1 Å². The average molecular weight is 380 g/mol. The number of benzene rings is 2. The minimum atomic E-state index is -4.21. The lowest BCUT2D eigenvalue weighted by atomic mass is 10.2. The molecule has 0 spiro atoms. The van der Waals surface area contributed by atoms with Crippen molar-refractivity contribution in [3.8, 4) is 5.75 Å². The van der Waals surface area contributed by atoms with Gasteiger partial charge in [0.15, 0.2) is 0 Å². The minimum Gasteiger partial charge on any atom is -0.507 e. The van der Waals surface area contributed by atoms with Crippen molar-refractivity contribution in [1.29, 1.82) is 0 Å². The van der Waals surface area contributed by atoms with Gasteiger partial charge in [-0.3, -0.25) is 20.2 Å². The molecule has 0 aromatic heterocycles. The maximum Gasteiger partial charge on any atom is 0.276 e. The van der Waals surface area contributed by atoms with Gasteiger partial charge in [0.25, 0.3) is 21.4 Å². The van der Waals surface area contributed by atoms with Crippen LogP contribution < -0.4 is 4.83 Å². The number of hydrogen-bond donors (Lipinski definition) is 2. The molecule has 136 valence electrons. The van der Waals surface area contributed by atoms with E-state index in [-0.39, 0.29) is 27.6 Å². The molecule has 0 aliphatic heterocycles. The maximum absolute atomic E-state index is 12.2. The number of aromatic hydroxyl groups is 1. The zero-order valence-corrected chi connectivity index (χ0v) is 14.0. The van der Waals surface area contributed by atoms with Gasteiger partial charge in [-0.2, -0.15) is 13.5 Å². The van der Waals surface area contributed by atoms with E-state index in [0.717, 1.165) is 30.5 Å². The predicted molar refractivity (Wildman–Crippen MR) is 90.5 cm³/mol. The van der Waals surface area contributed by atoms with E-state index in [4.69, 9.17) is 0 Å². The number of nitro benzene ring substituents is 2. The fraction of sp³-hybridized carbons (Fsp3) is 0.0714. The van der Waals surface area contributed by atoms with Crippen molar-refractivity contribution in [1.82, 2.24) is 4.83 Å². The first-order valence-corrected chi connectivity index (χ1v) is 8.37. The van der Waals surface area contributed by atoms with Crippen LogP contribution in [0.25, 0.3) is 0 Å². The van der Waals surface area contributed by atoms with Gasteiger partial charge in [0.1, 0.15) is 5.75 Å². The molecule has 2 aromatic carbocycles. The van der Waals surface area contributed by atoms with Crippen molar-refractivity contribution >= 4 is 27.6 Å². The van der Waals surface area contributed by atoms with Gasteiger partial charge in [-0.1, -0.05) is 6.07 Å². The van der Waals surface area contributed by atoms with Crippen molar-refractivity contribution in [3.05, 3.63) is 67.8 Å². The quantitative estimate of drug-likeness (QED) is 0.438. The van der Waals surface area contributed by atoms with Gasteiger partial charge in [0, 0.05) is 29.3 Å². The highest BCUT2D eigenvalue weighted by molar-refractivity contribution is 7.89. The summed E-state index contributed by atoms with van der Waals surface area (Å²) in [4.78, 5) is 21.7. The Labute approximate surface area is 146 Å². The summed E-state index contributed by atoms with van der Waals surface area (Å²) >= 11 is 0. The molecule has 26 heavy (non-hydrogen) atoms. The molecular weight excluding hydrogens is 368 g/mol. The Morgan fingerprint density at radius 2 is 1.81 bits per heavy atom. The molecule has 0 unspecified atom stereocenters. The van der Waals surface area contributed by atoms with E-state index in [1.54, 1.807) is 0 Å². The SMILES string of the molecule is Cc1ccc(S(=O)(=O)NN=Cc2cc([N+](=O)[O-])ccc2O)cc1[N+](=O)[O-]. The molecule has 12 heteroatoms. The van der Waals surface area contributed by atoms with Crippen LogP contribution in [0.2, 0.25) is 0 Å². The summed E-state index contributed by atoms with van der Waals surface area (Å²) in [6.07, 6.45) is 0.877. The number of aryl methyl sites for hydroxylation is 1. The highest BCUT2D eigenvalue weighted by Gasteiger charge is 2.19. The summed E-state index contributed by atoms with van der Waals surface area (Å²) in [5, 5.41) is 34.7. The van der Waals surface area contributed by atoms with Gasteiger partial charge < -0.3 is 5.11 Å². The van der Waals surface area contributed by atoms with Crippen LogP contribution in [-0.2, 0) is 10.0 Å². The Bertz CT molecular complexity index is 1020. The van der Waals surface area contributed by atoms with Gasteiger partial charge in [-0.25, -0.2) is 4.83 Å². The number of phenols is 1. The summed E-state index contributed by atoms with van der Waals surface area (Å²) in [6, 6.07) is 6.48. The van der Waals surface area contributed by atoms with Gasteiger partial charge in [0.2, 0.25) is 0 Å². The Morgan fingerprint density at radius 3 is 2.42 bits per heavy atom. The minimum absolute atomic E-state index is 0.0863. The third-order valence-corrected chi connectivity index (χ3v) is 4.51. The fourth-order valence-electron chi connectivity index (χ4n) is 1.93. The number of hydrazone groups is 1. The van der Waals surface area contributed by atoms with Gasteiger partial charge in [-0.15, -0.1) is 0 Å². The Morgan fingerprint density at radius 1 is 1.12 bits per heavy atom. The molecule has 0 radical (unpaired) electrons. The number of hydrogen-bond acceptors (Lipinski definition) is 8. The molecule has 0 saturated heterocycles. The molecule has 0 bridgehead atoms. The van der Waals surface area contributed by atoms with Crippen LogP contribution in [0.4, 0.5) is 11.4 Å². The summed E-state index contributed by atoms with van der Waals surface area (Å²) in [5.41, 5.74) is -0.481. The first kappa shape index (κ1) is 18.8. The smallest absolute Gasteiger partial charge is 0.276 e. The lowest BCUT2D eigenvalue weighted by molar-refractivity contribution is -0.385. The highest BCUT2D eigenvalue weighted by atomic mass is 32.2. The van der Waals surface area contributed by atoms with Crippen LogP contribution in [0.15, 0.2) is 46.4 Å². The molecule has 2 rings (SSSR count). The second kappa shape index (κ2) is 7.14. The molecule has 0 saturated carbocycles. The predicted octanol–water partition coefficient (Wildman–Crippen LogP) is 1.83. The van der Waals surface area contributed by atoms with Crippen molar-refractivity contribution in [3.63, 3.8) is 0 Å². The zero-order valence-electron chi connectivity index (χ0n) is 13.2. The molecule has 11 nitrogen and oxygen atoms in total. The molecule has 0 atom stereocenters. The number of rotatable bonds is 6. The molecule has 2 N–H and O–H groups in total. The van der Waals surface area contributed by atoms with Crippen LogP contribution in [0.5, 0.6) is 5.75 Å². The third kappa shape index (κ3) is 4.10. The van der Waals surface area contributed by atoms with Crippen molar-refractivity contribution < 1.29 is 23.4 Å². The first-order valence-electron chi connectivity index (χ1n) is 6.89. The maximum atomic E-state index is 12.2. The van der Waals surface area contributed by atoms with E-state index in [0.29, 0.717) is 5.56 Å². The largest absolute Gasteiger partial charge is 0.507 e. The van der Waals surface area contributed by atoms with E-state index in [9.17, 15) is 33.8 Å². The molecule has 2 aromatic rings. The van der Waals surface area contributed by atoms with Crippen LogP contribution in [0.1, 0.15) is 11.1 Å². The van der Waals surface area contributed by atoms with Crippen LogP contribution in [0.3, 0.4) is 0 Å². The van der Waals surface area contributed by atoms with E-state index < -0.39 is 19.9 Å². The van der Waals surface area contributed by atoms with Crippen LogP contribution in [0, 0.1) is 27.2 Å². The number of nitrogens with one attached hydrogen (secondary N) is 1. The van der Waals surface area contributed by atoms with E-state index >= 15 is 0 Å². The molecule has 0 amide bonds. The molecular formula is C14H12N4O7S. The third-order valence-electron chi connectivity index (χ3n) is 3.29. The van der Waals surface area contributed by atoms with Gasteiger partial charge >= 0.3 is 0 Å². The Balaban J connectivity index is 2.27. The van der Waals surface area contributed by atoms with Crippen molar-refractivity contribution in [2.24, 2.45) is 5.10 Å².